The molecule has 1 aliphatic carbocycles. The van der Waals surface area contributed by atoms with Gasteiger partial charge in [-0.2, -0.15) is 0 Å². The Morgan fingerprint density at radius 3 is 2.84 bits per heavy atom. The lowest BCUT2D eigenvalue weighted by Crippen LogP contribution is -2.39. The average Bonchev–Trinajstić information content (AvgIpc) is 3.18. The van der Waals surface area contributed by atoms with E-state index in [0.29, 0.717) is 13.1 Å². The number of nitrogens with one attached hydrogen (secondary N) is 1. The molecular weight excluding hydrogens is 434 g/mol. The van der Waals surface area contributed by atoms with Crippen LogP contribution in [0.4, 0.5) is 8.78 Å². The van der Waals surface area contributed by atoms with E-state index in [9.17, 15) is 13.6 Å². The highest BCUT2D eigenvalue weighted by Crippen LogP contribution is 2.33. The molecule has 0 unspecified atom stereocenters. The van der Waals surface area contributed by atoms with Gasteiger partial charge in [-0.25, -0.2) is 13.8 Å². The minimum absolute atomic E-state index is 0.0500. The largest absolute Gasteiger partial charge is 0.379 e. The summed E-state index contributed by atoms with van der Waals surface area (Å²) < 4.78 is 33.7. The molecule has 0 saturated carbocycles. The van der Waals surface area contributed by atoms with Gasteiger partial charge in [0.05, 0.1) is 24.9 Å². The summed E-state index contributed by atoms with van der Waals surface area (Å²) in [5.74, 6) is -1.65. The molecule has 2 aromatic heterocycles. The van der Waals surface area contributed by atoms with E-state index in [1.54, 1.807) is 28.3 Å². The van der Waals surface area contributed by atoms with E-state index in [2.05, 4.69) is 15.2 Å². The Bertz CT molecular complexity index is 1170. The number of aromatic nitrogens is 2. The number of morpholine rings is 1. The molecule has 5 rings (SSSR count). The van der Waals surface area contributed by atoms with Crippen molar-refractivity contribution in [3.05, 3.63) is 62.5 Å². The maximum absolute atomic E-state index is 13.4. The molecule has 0 spiro atoms. The van der Waals surface area contributed by atoms with Gasteiger partial charge < -0.3 is 10.1 Å². The molecule has 6 nitrogen and oxygen atoms in total. The number of hydrogen-bond acceptors (Lipinski definition) is 6. The molecule has 3 heterocycles. The highest BCUT2D eigenvalue weighted by Gasteiger charge is 2.25. The molecule has 1 aromatic carbocycles. The van der Waals surface area contributed by atoms with Crippen LogP contribution >= 0.6 is 11.3 Å². The number of aryl methyl sites for hydroxylation is 1. The van der Waals surface area contributed by atoms with Gasteiger partial charge in [0.2, 0.25) is 0 Å². The van der Waals surface area contributed by atoms with Crippen molar-refractivity contribution in [3.8, 4) is 0 Å². The molecule has 1 N–H and O–H groups in total. The molecule has 170 valence electrons. The molecule has 32 heavy (non-hydrogen) atoms. The average molecular weight is 461 g/mol. The van der Waals surface area contributed by atoms with Crippen LogP contribution in [0.3, 0.4) is 0 Å². The number of ether oxygens (including phenoxy) is 1. The quantitative estimate of drug-likeness (QED) is 0.613. The Balaban J connectivity index is 1.27. The van der Waals surface area contributed by atoms with Gasteiger partial charge >= 0.3 is 0 Å². The Kier molecular flexibility index (Phi) is 6.32. The summed E-state index contributed by atoms with van der Waals surface area (Å²) in [6.07, 6.45) is 4.19. The van der Waals surface area contributed by atoms with Gasteiger partial charge in [-0.15, -0.1) is 11.3 Å². The lowest BCUT2D eigenvalue weighted by molar-refractivity contribution is 0.0362. The summed E-state index contributed by atoms with van der Waals surface area (Å²) in [6.45, 7) is 5.22. The summed E-state index contributed by atoms with van der Waals surface area (Å²) in [6, 6.07) is 4.22. The van der Waals surface area contributed by atoms with Gasteiger partial charge in [0, 0.05) is 43.6 Å². The summed E-state index contributed by atoms with van der Waals surface area (Å²) in [5.41, 5.74) is 1.90. The zero-order valence-corrected chi connectivity index (χ0v) is 18.6. The monoisotopic (exact) mass is 460 g/mol. The first-order chi connectivity index (χ1) is 15.6. The first kappa shape index (κ1) is 21.6. The molecule has 1 atom stereocenters. The number of halogens is 2. The van der Waals surface area contributed by atoms with Crippen molar-refractivity contribution in [1.29, 1.82) is 0 Å². The van der Waals surface area contributed by atoms with Crippen molar-refractivity contribution < 1.29 is 13.5 Å². The van der Waals surface area contributed by atoms with E-state index in [4.69, 9.17) is 4.74 Å². The van der Waals surface area contributed by atoms with Gasteiger partial charge in [0.1, 0.15) is 4.83 Å². The Labute approximate surface area is 188 Å². The second-order valence-corrected chi connectivity index (χ2v) is 9.53. The van der Waals surface area contributed by atoms with Crippen molar-refractivity contribution in [3.63, 3.8) is 0 Å². The van der Waals surface area contributed by atoms with Crippen molar-refractivity contribution in [2.45, 2.75) is 38.4 Å². The van der Waals surface area contributed by atoms with Crippen LogP contribution in [0.25, 0.3) is 10.2 Å². The molecule has 0 amide bonds. The topological polar surface area (TPSA) is 59.4 Å². The molecular formula is C23H26F2N4O2S. The van der Waals surface area contributed by atoms with Gasteiger partial charge in [-0.05, 0) is 42.5 Å². The minimum atomic E-state index is -0.829. The van der Waals surface area contributed by atoms with E-state index in [0.717, 1.165) is 79.5 Å². The lowest BCUT2D eigenvalue weighted by Gasteiger charge is -2.26. The number of fused-ring (bicyclic) bond motifs is 3. The van der Waals surface area contributed by atoms with Gasteiger partial charge in [-0.1, -0.05) is 6.07 Å². The van der Waals surface area contributed by atoms with Crippen LogP contribution in [0, 0.1) is 11.6 Å². The smallest absolute Gasteiger partial charge is 0.262 e. The first-order valence-electron chi connectivity index (χ1n) is 11.1. The molecule has 0 bridgehead atoms. The van der Waals surface area contributed by atoms with Crippen molar-refractivity contribution in [2.24, 2.45) is 0 Å². The lowest BCUT2D eigenvalue weighted by atomic mass is 9.93. The molecule has 9 heteroatoms. The second kappa shape index (κ2) is 9.35. The van der Waals surface area contributed by atoms with Gasteiger partial charge in [0.15, 0.2) is 11.6 Å². The van der Waals surface area contributed by atoms with Crippen LogP contribution in [0.1, 0.15) is 22.4 Å². The Hall–Kier alpha value is -2.20. The summed E-state index contributed by atoms with van der Waals surface area (Å²) >= 11 is 1.60. The van der Waals surface area contributed by atoms with Gasteiger partial charge in [0.25, 0.3) is 5.56 Å². The summed E-state index contributed by atoms with van der Waals surface area (Å²) in [4.78, 5) is 22.1. The van der Waals surface area contributed by atoms with E-state index in [1.807, 2.05) is 0 Å². The highest BCUT2D eigenvalue weighted by molar-refractivity contribution is 7.18. The van der Waals surface area contributed by atoms with Crippen LogP contribution in [0.2, 0.25) is 0 Å². The first-order valence-corrected chi connectivity index (χ1v) is 11.9. The fraction of sp³-hybridized carbons (Fsp3) is 0.478. The van der Waals surface area contributed by atoms with E-state index < -0.39 is 11.6 Å². The van der Waals surface area contributed by atoms with Crippen molar-refractivity contribution in [1.82, 2.24) is 19.8 Å². The standard InChI is InChI=1S/C23H26F2N4O2S/c24-18-4-1-15(11-19(18)25)13-26-16-2-3-17-20(12-16)32-22-21(17)23(30)29(14-27-22)6-5-28-7-9-31-10-8-28/h1,4,11,14,16,26H,2-3,5-10,12-13H2/t16-/m0/s1. The highest BCUT2D eigenvalue weighted by atomic mass is 32.1. The molecule has 0 radical (unpaired) electrons. The number of thiophene rings is 1. The molecule has 3 aromatic rings. The predicted octanol–water partition coefficient (Wildman–Crippen LogP) is 2.72. The Morgan fingerprint density at radius 1 is 1.19 bits per heavy atom. The number of rotatable bonds is 6. The van der Waals surface area contributed by atoms with Gasteiger partial charge in [-0.3, -0.25) is 14.3 Å². The third-order valence-corrected chi connectivity index (χ3v) is 7.54. The van der Waals surface area contributed by atoms with Crippen LogP contribution < -0.4 is 10.9 Å². The predicted molar refractivity (Wildman–Crippen MR) is 120 cm³/mol. The van der Waals surface area contributed by atoms with Crippen LogP contribution in [0.5, 0.6) is 0 Å². The fourth-order valence-corrected chi connectivity index (χ4v) is 5.78. The van der Waals surface area contributed by atoms with Crippen molar-refractivity contribution >= 4 is 21.6 Å². The second-order valence-electron chi connectivity index (χ2n) is 8.45. The number of benzene rings is 1. The van der Waals surface area contributed by atoms with E-state index >= 15 is 0 Å². The van der Waals surface area contributed by atoms with Crippen LogP contribution in [0.15, 0.2) is 29.3 Å². The van der Waals surface area contributed by atoms with Crippen LogP contribution in [-0.4, -0.2) is 53.3 Å². The third kappa shape index (κ3) is 4.47. The Morgan fingerprint density at radius 2 is 2.03 bits per heavy atom. The normalized spacial score (nSPS) is 19.4. The summed E-state index contributed by atoms with van der Waals surface area (Å²) in [5, 5.41) is 4.22. The third-order valence-electron chi connectivity index (χ3n) is 6.38. The van der Waals surface area contributed by atoms with Crippen molar-refractivity contribution in [2.75, 3.05) is 32.8 Å². The van der Waals surface area contributed by atoms with E-state index in [-0.39, 0.29) is 11.6 Å². The SMILES string of the molecule is O=c1c2c3c(sc2ncn1CCN1CCOCC1)C[C@@H](NCc1ccc(F)c(F)c1)CC3. The zero-order chi connectivity index (χ0) is 22.1. The molecule has 2 aliphatic rings. The molecule has 1 aliphatic heterocycles. The fourth-order valence-electron chi connectivity index (χ4n) is 4.52. The number of nitrogens with zero attached hydrogens (tertiary/aromatic N) is 3. The molecule has 1 fully saturated rings. The van der Waals surface area contributed by atoms with E-state index in [1.165, 1.54) is 10.9 Å². The maximum atomic E-state index is 13.4. The minimum Gasteiger partial charge on any atom is -0.379 e. The zero-order valence-electron chi connectivity index (χ0n) is 17.8. The molecule has 1 saturated heterocycles. The maximum Gasteiger partial charge on any atom is 0.262 e. The van der Waals surface area contributed by atoms with Crippen LogP contribution in [-0.2, 0) is 30.7 Å². The number of hydrogen-bond donors (Lipinski definition) is 1. The summed E-state index contributed by atoms with van der Waals surface area (Å²) in [7, 11) is 0.